The van der Waals surface area contributed by atoms with Crippen molar-refractivity contribution in [3.8, 4) is 0 Å². The fourth-order valence-corrected chi connectivity index (χ4v) is 3.84. The van der Waals surface area contributed by atoms with Crippen LogP contribution >= 0.6 is 11.8 Å². The zero-order valence-corrected chi connectivity index (χ0v) is 18.8. The van der Waals surface area contributed by atoms with Crippen LogP contribution in [0.2, 0.25) is 0 Å². The van der Waals surface area contributed by atoms with Gasteiger partial charge in [-0.25, -0.2) is 9.18 Å². The van der Waals surface area contributed by atoms with Gasteiger partial charge in [0, 0.05) is 22.6 Å². The highest BCUT2D eigenvalue weighted by molar-refractivity contribution is 7.99. The molecule has 1 saturated heterocycles. The molecule has 0 spiro atoms. The number of ether oxygens (including phenoxy) is 2. The van der Waals surface area contributed by atoms with Crippen LogP contribution in [0, 0.1) is 5.82 Å². The van der Waals surface area contributed by atoms with Crippen molar-refractivity contribution < 1.29 is 28.3 Å². The van der Waals surface area contributed by atoms with Crippen molar-refractivity contribution in [1.29, 1.82) is 0 Å². The molecule has 10 heteroatoms. The Labute approximate surface area is 184 Å². The molecule has 1 aromatic rings. The quantitative estimate of drug-likeness (QED) is 0.401. The number of nitrogens with zero attached hydrogens (tertiary/aromatic N) is 1. The van der Waals surface area contributed by atoms with Crippen LogP contribution in [-0.2, 0) is 19.1 Å². The first-order chi connectivity index (χ1) is 14.5. The molecule has 3 rings (SSSR count). The molecule has 0 aliphatic carbocycles. The van der Waals surface area contributed by atoms with E-state index in [0.29, 0.717) is 22.8 Å². The molecule has 2 N–H and O–H groups in total. The van der Waals surface area contributed by atoms with Crippen molar-refractivity contribution >= 4 is 35.2 Å². The number of fused-ring (bicyclic) bond motifs is 1. The number of nitrogens with one attached hydrogen (secondary N) is 2. The summed E-state index contributed by atoms with van der Waals surface area (Å²) in [5, 5.41) is 9.47. The van der Waals surface area contributed by atoms with Crippen molar-refractivity contribution in [2.24, 2.45) is 5.16 Å². The average Bonchev–Trinajstić information content (AvgIpc) is 2.80. The van der Waals surface area contributed by atoms with E-state index >= 15 is 0 Å². The van der Waals surface area contributed by atoms with E-state index in [0.717, 1.165) is 0 Å². The number of carbonyl (C=O) groups is 2. The number of carbonyl (C=O) groups excluding carboxylic acids is 2. The predicted molar refractivity (Wildman–Crippen MR) is 116 cm³/mol. The van der Waals surface area contributed by atoms with Crippen LogP contribution in [0.5, 0.6) is 0 Å². The maximum absolute atomic E-state index is 14.6. The van der Waals surface area contributed by atoms with Crippen molar-refractivity contribution in [1.82, 2.24) is 5.32 Å². The van der Waals surface area contributed by atoms with E-state index in [1.54, 1.807) is 27.7 Å². The molecular weight excluding hydrogens is 425 g/mol. The first-order valence-electron chi connectivity index (χ1n) is 9.75. The lowest BCUT2D eigenvalue weighted by molar-refractivity contribution is -0.115. The number of halogens is 1. The van der Waals surface area contributed by atoms with E-state index in [4.69, 9.17) is 14.3 Å². The number of thioether (sulfide) groups is 1. The highest BCUT2D eigenvalue weighted by Crippen LogP contribution is 2.33. The molecule has 8 nitrogen and oxygen atoms in total. The molecule has 0 aromatic heterocycles. The molecule has 1 aromatic carbocycles. The highest BCUT2D eigenvalue weighted by atomic mass is 32.2. The van der Waals surface area contributed by atoms with E-state index < -0.39 is 23.1 Å². The van der Waals surface area contributed by atoms with Gasteiger partial charge in [0.1, 0.15) is 17.0 Å². The molecule has 1 fully saturated rings. The van der Waals surface area contributed by atoms with Crippen LogP contribution in [0.25, 0.3) is 0 Å². The zero-order valence-electron chi connectivity index (χ0n) is 18.0. The Balaban J connectivity index is 1.73. The van der Waals surface area contributed by atoms with Gasteiger partial charge in [0.2, 0.25) is 5.91 Å². The van der Waals surface area contributed by atoms with Crippen LogP contribution in [-0.4, -0.2) is 47.8 Å². The summed E-state index contributed by atoms with van der Waals surface area (Å²) in [5.74, 6) is 0.125. The minimum absolute atomic E-state index is 0.122. The number of oxime groups is 1. The van der Waals surface area contributed by atoms with E-state index in [-0.39, 0.29) is 36.2 Å². The van der Waals surface area contributed by atoms with Gasteiger partial charge in [-0.3, -0.25) is 4.79 Å². The third-order valence-electron chi connectivity index (χ3n) is 4.58. The van der Waals surface area contributed by atoms with Gasteiger partial charge in [-0.1, -0.05) is 11.7 Å². The summed E-state index contributed by atoms with van der Waals surface area (Å²) in [6.45, 7) is 11.0. The Morgan fingerprint density at radius 2 is 2.10 bits per heavy atom. The largest absolute Gasteiger partial charge is 0.444 e. The Morgan fingerprint density at radius 3 is 2.71 bits per heavy atom. The maximum atomic E-state index is 14.6. The summed E-state index contributed by atoms with van der Waals surface area (Å²) >= 11 is 1.41. The molecule has 31 heavy (non-hydrogen) atoms. The summed E-state index contributed by atoms with van der Waals surface area (Å²) in [5.41, 5.74) is -0.675. The summed E-state index contributed by atoms with van der Waals surface area (Å²) in [7, 11) is 0. The fourth-order valence-electron chi connectivity index (χ4n) is 2.88. The number of hydrogen-bond donors (Lipinski definition) is 2. The normalized spacial score (nSPS) is 18.1. The smallest absolute Gasteiger partial charge is 0.408 e. The molecule has 0 bridgehead atoms. The minimum atomic E-state index is -0.983. The standard InChI is InChI=1S/C21H26FN3O5S/c1-12(14-8-16-17(9-15(14)22)31-7-6-18(26)23-16)25-30-13(2)21(10-28-11-21)24-19(27)29-20(3,4)5/h8-9H,2,6-7,10-11H2,1,3-5H3,(H,23,26)(H,24,27)/b25-12+. The van der Waals surface area contributed by atoms with Crippen molar-refractivity contribution in [2.75, 3.05) is 24.3 Å². The highest BCUT2D eigenvalue weighted by Gasteiger charge is 2.46. The third-order valence-corrected chi connectivity index (χ3v) is 5.64. The SMILES string of the molecule is C=C(O/N=C(\C)c1cc2c(cc1F)SCCC(=O)N2)C1(NC(=O)OC(C)(C)C)COC1. The van der Waals surface area contributed by atoms with Gasteiger partial charge in [-0.05, 0) is 39.8 Å². The summed E-state index contributed by atoms with van der Waals surface area (Å²) in [6, 6.07) is 2.91. The van der Waals surface area contributed by atoms with Crippen molar-refractivity contribution in [3.05, 3.63) is 35.9 Å². The molecular formula is C21H26FN3O5S. The van der Waals surface area contributed by atoms with Crippen molar-refractivity contribution in [2.45, 2.75) is 50.2 Å². The zero-order chi connectivity index (χ0) is 22.8. The van der Waals surface area contributed by atoms with Crippen LogP contribution in [0.15, 0.2) is 34.5 Å². The van der Waals surface area contributed by atoms with Gasteiger partial charge < -0.3 is 24.9 Å². The first kappa shape index (κ1) is 23.1. The molecule has 0 unspecified atom stereocenters. The van der Waals surface area contributed by atoms with Crippen LogP contribution in [0.3, 0.4) is 0 Å². The molecule has 168 valence electrons. The van der Waals surface area contributed by atoms with Gasteiger partial charge in [0.25, 0.3) is 0 Å². The maximum Gasteiger partial charge on any atom is 0.408 e. The Kier molecular flexibility index (Phi) is 6.61. The summed E-state index contributed by atoms with van der Waals surface area (Å²) in [4.78, 5) is 30.1. The summed E-state index contributed by atoms with van der Waals surface area (Å²) < 4.78 is 25.1. The Hall–Kier alpha value is -2.59. The van der Waals surface area contributed by atoms with E-state index in [1.165, 1.54) is 23.9 Å². The molecule has 2 amide bonds. The summed E-state index contributed by atoms with van der Waals surface area (Å²) in [6.07, 6.45) is -0.271. The molecule has 0 saturated carbocycles. The monoisotopic (exact) mass is 451 g/mol. The van der Waals surface area contributed by atoms with Gasteiger partial charge in [0.05, 0.1) is 24.6 Å². The number of anilines is 1. The lowest BCUT2D eigenvalue weighted by atomic mass is 9.96. The topological polar surface area (TPSA) is 98.2 Å². The third kappa shape index (κ3) is 5.56. The molecule has 0 radical (unpaired) electrons. The molecule has 2 aliphatic rings. The second-order valence-corrected chi connectivity index (χ2v) is 9.50. The van der Waals surface area contributed by atoms with Gasteiger partial charge in [-0.2, -0.15) is 0 Å². The second kappa shape index (κ2) is 8.88. The lowest BCUT2D eigenvalue weighted by Crippen LogP contribution is -2.63. The average molecular weight is 452 g/mol. The van der Waals surface area contributed by atoms with E-state index in [2.05, 4.69) is 22.4 Å². The van der Waals surface area contributed by atoms with Gasteiger partial charge in [-0.15, -0.1) is 11.8 Å². The van der Waals surface area contributed by atoms with Gasteiger partial charge >= 0.3 is 6.09 Å². The minimum Gasteiger partial charge on any atom is -0.444 e. The first-order valence-corrected chi connectivity index (χ1v) is 10.7. The number of hydrogen-bond acceptors (Lipinski definition) is 7. The second-order valence-electron chi connectivity index (χ2n) is 8.37. The fraction of sp³-hybridized carbons (Fsp3) is 0.476. The van der Waals surface area contributed by atoms with E-state index in [1.807, 2.05) is 0 Å². The van der Waals surface area contributed by atoms with Crippen LogP contribution < -0.4 is 10.6 Å². The number of rotatable bonds is 5. The van der Waals surface area contributed by atoms with Crippen LogP contribution in [0.1, 0.15) is 39.7 Å². The van der Waals surface area contributed by atoms with E-state index in [9.17, 15) is 14.0 Å². The number of alkyl carbamates (subject to hydrolysis) is 1. The predicted octanol–water partition coefficient (Wildman–Crippen LogP) is 3.81. The number of amides is 2. The Morgan fingerprint density at radius 1 is 1.39 bits per heavy atom. The Bertz CT molecular complexity index is 938. The van der Waals surface area contributed by atoms with Gasteiger partial charge in [0.15, 0.2) is 5.76 Å². The molecule has 2 heterocycles. The van der Waals surface area contributed by atoms with Crippen molar-refractivity contribution in [3.63, 3.8) is 0 Å². The number of benzene rings is 1. The molecule has 0 atom stereocenters. The lowest BCUT2D eigenvalue weighted by Gasteiger charge is -2.41. The van der Waals surface area contributed by atoms with Crippen LogP contribution in [0.4, 0.5) is 14.9 Å². The molecule has 2 aliphatic heterocycles.